The minimum Gasteiger partial charge on any atom is -0.481 e. The van der Waals surface area contributed by atoms with Gasteiger partial charge in [0.05, 0.1) is 5.92 Å². The zero-order chi connectivity index (χ0) is 21.5. The zero-order valence-electron chi connectivity index (χ0n) is 18.0. The summed E-state index contributed by atoms with van der Waals surface area (Å²) >= 11 is 3.47. The lowest BCUT2D eigenvalue weighted by Gasteiger charge is -2.51. The fourth-order valence-electron chi connectivity index (χ4n) is 7.14. The Hall–Kier alpha value is -1.36. The SMILES string of the molecule is CCC(=O)Oc1ccc2c(c1)CC[C@@H]1[C@@H]2CC[C@]2(C)[C@@H](C(CCBr)C(=O)O)CC[C@@H]12. The van der Waals surface area contributed by atoms with Crippen LogP contribution in [0, 0.1) is 29.1 Å². The number of alkyl halides is 1. The van der Waals surface area contributed by atoms with Gasteiger partial charge in [-0.3, -0.25) is 9.59 Å². The number of aliphatic carboxylic acids is 1. The van der Waals surface area contributed by atoms with E-state index in [9.17, 15) is 14.7 Å². The molecule has 3 aliphatic carbocycles. The minimum absolute atomic E-state index is 0.139. The number of aryl methyl sites for hydroxylation is 1. The fraction of sp³-hybridized carbons (Fsp3) is 0.680. The largest absolute Gasteiger partial charge is 0.481 e. The third kappa shape index (κ3) is 3.72. The highest BCUT2D eigenvalue weighted by molar-refractivity contribution is 9.09. The van der Waals surface area contributed by atoms with Crippen molar-refractivity contribution in [3.05, 3.63) is 29.3 Å². The number of carbonyl (C=O) groups excluding carboxylic acids is 1. The smallest absolute Gasteiger partial charge is 0.310 e. The molecule has 164 valence electrons. The van der Waals surface area contributed by atoms with E-state index in [2.05, 4.69) is 35.0 Å². The summed E-state index contributed by atoms with van der Waals surface area (Å²) in [5.41, 5.74) is 2.90. The average Bonchev–Trinajstić information content (AvgIpc) is 3.08. The number of carbonyl (C=O) groups is 2. The number of ether oxygens (including phenoxy) is 1. The first kappa shape index (κ1) is 21.9. The molecule has 0 amide bonds. The second kappa shape index (κ2) is 8.64. The van der Waals surface area contributed by atoms with Crippen molar-refractivity contribution in [2.75, 3.05) is 5.33 Å². The summed E-state index contributed by atoms with van der Waals surface area (Å²) in [6.07, 6.45) is 7.75. The molecule has 0 bridgehead atoms. The molecule has 0 aliphatic heterocycles. The van der Waals surface area contributed by atoms with Gasteiger partial charge in [-0.1, -0.05) is 35.8 Å². The van der Waals surface area contributed by atoms with Crippen LogP contribution in [0.25, 0.3) is 0 Å². The number of rotatable bonds is 6. The predicted molar refractivity (Wildman–Crippen MR) is 120 cm³/mol. The highest BCUT2D eigenvalue weighted by Crippen LogP contribution is 2.64. The second-order valence-corrected chi connectivity index (χ2v) is 10.5. The van der Waals surface area contributed by atoms with Crippen molar-refractivity contribution in [2.45, 2.75) is 71.1 Å². The first-order valence-corrected chi connectivity index (χ1v) is 12.6. The number of hydrogen-bond acceptors (Lipinski definition) is 3. The van der Waals surface area contributed by atoms with E-state index in [1.807, 2.05) is 13.0 Å². The third-order valence-corrected chi connectivity index (χ3v) is 8.97. The van der Waals surface area contributed by atoms with Crippen LogP contribution < -0.4 is 4.74 Å². The number of hydrogen-bond donors (Lipinski definition) is 1. The molecular formula is C25H33BrO4. The Morgan fingerprint density at radius 3 is 2.77 bits per heavy atom. The van der Waals surface area contributed by atoms with Crippen LogP contribution >= 0.6 is 15.9 Å². The van der Waals surface area contributed by atoms with Gasteiger partial charge in [-0.2, -0.15) is 0 Å². The molecule has 2 saturated carbocycles. The van der Waals surface area contributed by atoms with E-state index >= 15 is 0 Å². The monoisotopic (exact) mass is 476 g/mol. The fourth-order valence-corrected chi connectivity index (χ4v) is 7.63. The molecule has 3 aliphatic rings. The van der Waals surface area contributed by atoms with Crippen molar-refractivity contribution in [1.29, 1.82) is 0 Å². The van der Waals surface area contributed by atoms with Crippen molar-refractivity contribution >= 4 is 27.9 Å². The van der Waals surface area contributed by atoms with Crippen molar-refractivity contribution < 1.29 is 19.4 Å². The first-order chi connectivity index (χ1) is 14.4. The molecule has 30 heavy (non-hydrogen) atoms. The van der Waals surface area contributed by atoms with Gasteiger partial charge in [-0.25, -0.2) is 0 Å². The molecule has 4 nitrogen and oxygen atoms in total. The maximum absolute atomic E-state index is 12.0. The van der Waals surface area contributed by atoms with E-state index in [-0.39, 0.29) is 23.2 Å². The van der Waals surface area contributed by atoms with Crippen molar-refractivity contribution in [1.82, 2.24) is 0 Å². The van der Waals surface area contributed by atoms with Gasteiger partial charge in [0.1, 0.15) is 5.75 Å². The van der Waals surface area contributed by atoms with Crippen molar-refractivity contribution in [3.8, 4) is 5.75 Å². The minimum atomic E-state index is -0.619. The van der Waals surface area contributed by atoms with Gasteiger partial charge in [0, 0.05) is 11.8 Å². The van der Waals surface area contributed by atoms with Crippen LogP contribution in [0.15, 0.2) is 18.2 Å². The van der Waals surface area contributed by atoms with Crippen LogP contribution in [-0.2, 0) is 16.0 Å². The molecule has 5 heteroatoms. The first-order valence-electron chi connectivity index (χ1n) is 11.5. The lowest BCUT2D eigenvalue weighted by molar-refractivity contribution is -0.146. The quantitative estimate of drug-likeness (QED) is 0.312. The van der Waals surface area contributed by atoms with Gasteiger partial charge in [0.15, 0.2) is 0 Å². The number of esters is 1. The summed E-state index contributed by atoms with van der Waals surface area (Å²) in [6.45, 7) is 4.20. The van der Waals surface area contributed by atoms with E-state index in [1.165, 1.54) is 11.1 Å². The van der Waals surface area contributed by atoms with E-state index in [1.54, 1.807) is 0 Å². The molecule has 0 heterocycles. The van der Waals surface area contributed by atoms with Crippen LogP contribution in [0.2, 0.25) is 0 Å². The summed E-state index contributed by atoms with van der Waals surface area (Å²) in [6, 6.07) is 6.21. The summed E-state index contributed by atoms with van der Waals surface area (Å²) in [4.78, 5) is 23.7. The number of fused-ring (bicyclic) bond motifs is 5. The number of halogens is 1. The normalized spacial score (nSPS) is 33.2. The zero-order valence-corrected chi connectivity index (χ0v) is 19.6. The van der Waals surface area contributed by atoms with E-state index < -0.39 is 5.97 Å². The Morgan fingerprint density at radius 1 is 1.27 bits per heavy atom. The summed E-state index contributed by atoms with van der Waals surface area (Å²) in [5, 5.41) is 10.6. The Bertz CT molecular complexity index is 821. The molecule has 0 radical (unpaired) electrons. The molecule has 6 atom stereocenters. The van der Waals surface area contributed by atoms with Crippen LogP contribution in [0.3, 0.4) is 0 Å². The summed E-state index contributed by atoms with van der Waals surface area (Å²) in [7, 11) is 0. The molecule has 0 spiro atoms. The molecule has 1 unspecified atom stereocenters. The molecule has 0 aromatic heterocycles. The van der Waals surface area contributed by atoms with Crippen LogP contribution in [0.4, 0.5) is 0 Å². The van der Waals surface area contributed by atoms with Gasteiger partial charge in [-0.15, -0.1) is 0 Å². The lowest BCUT2D eigenvalue weighted by atomic mass is 9.53. The highest BCUT2D eigenvalue weighted by atomic mass is 79.9. The maximum Gasteiger partial charge on any atom is 0.310 e. The highest BCUT2D eigenvalue weighted by Gasteiger charge is 2.57. The molecule has 2 fully saturated rings. The topological polar surface area (TPSA) is 63.6 Å². The van der Waals surface area contributed by atoms with Crippen molar-refractivity contribution in [2.24, 2.45) is 29.1 Å². The molecule has 1 aromatic carbocycles. The Labute approximate surface area is 187 Å². The Balaban J connectivity index is 1.56. The van der Waals surface area contributed by atoms with Crippen LogP contribution in [-0.4, -0.2) is 22.4 Å². The van der Waals surface area contributed by atoms with Gasteiger partial charge in [-0.05, 0) is 97.3 Å². The van der Waals surface area contributed by atoms with Crippen LogP contribution in [0.1, 0.15) is 75.8 Å². The van der Waals surface area contributed by atoms with E-state index in [4.69, 9.17) is 4.74 Å². The third-order valence-electron chi connectivity index (χ3n) is 8.51. The Morgan fingerprint density at radius 2 is 2.07 bits per heavy atom. The van der Waals surface area contributed by atoms with Gasteiger partial charge in [0.25, 0.3) is 0 Å². The molecular weight excluding hydrogens is 444 g/mol. The van der Waals surface area contributed by atoms with E-state index in [0.29, 0.717) is 29.9 Å². The molecule has 4 rings (SSSR count). The number of benzene rings is 1. The average molecular weight is 477 g/mol. The molecule has 1 aromatic rings. The summed E-state index contributed by atoms with van der Waals surface area (Å²) in [5.74, 6) is 1.73. The van der Waals surface area contributed by atoms with Gasteiger partial charge >= 0.3 is 11.9 Å². The van der Waals surface area contributed by atoms with Crippen molar-refractivity contribution in [3.63, 3.8) is 0 Å². The second-order valence-electron chi connectivity index (χ2n) is 9.75. The Kier molecular flexibility index (Phi) is 6.30. The van der Waals surface area contributed by atoms with Crippen LogP contribution in [0.5, 0.6) is 5.75 Å². The lowest BCUT2D eigenvalue weighted by Crippen LogP contribution is -2.45. The molecule has 0 saturated heterocycles. The predicted octanol–water partition coefficient (Wildman–Crippen LogP) is 5.96. The van der Waals surface area contributed by atoms with Gasteiger partial charge in [0.2, 0.25) is 0 Å². The standard InChI is InChI=1S/C25H33BrO4/c1-3-23(27)30-16-5-7-17-15(14-16)4-6-19-18(17)10-12-25(2)21(19)8-9-22(25)20(11-13-26)24(28)29/h5,7,14,18-22H,3-4,6,8-13H2,1-2H3,(H,28,29)/t18-,19-,20?,21+,22-,25+/m1/s1. The summed E-state index contributed by atoms with van der Waals surface area (Å²) < 4.78 is 5.44. The molecule has 1 N–H and O–H groups in total. The maximum atomic E-state index is 12.0. The van der Waals surface area contributed by atoms with Gasteiger partial charge < -0.3 is 9.84 Å². The van der Waals surface area contributed by atoms with E-state index in [0.717, 1.165) is 50.3 Å². The number of carboxylic acids is 1. The number of carboxylic acid groups (broad SMARTS) is 1.